The van der Waals surface area contributed by atoms with Crippen LogP contribution in [-0.2, 0) is 14.3 Å². The Kier molecular flexibility index (Phi) is 8.34. The zero-order valence-corrected chi connectivity index (χ0v) is 19.1. The third-order valence-corrected chi connectivity index (χ3v) is 5.28. The molecule has 10 heteroatoms. The minimum absolute atomic E-state index is 0.235. The summed E-state index contributed by atoms with van der Waals surface area (Å²) in [5, 5.41) is 6.32. The molecular weight excluding hydrogens is 480 g/mol. The molecule has 0 unspecified atom stereocenters. The molecule has 1 saturated heterocycles. The Morgan fingerprint density at radius 2 is 1.91 bits per heavy atom. The summed E-state index contributed by atoms with van der Waals surface area (Å²) in [5.41, 5.74) is 3.40. The number of morpholine rings is 1. The number of hydrazone groups is 1. The maximum absolute atomic E-state index is 12.8. The number of hydrogen-bond donors (Lipinski definition) is 2. The van der Waals surface area contributed by atoms with Gasteiger partial charge in [0.2, 0.25) is 0 Å². The molecule has 3 amide bonds. The van der Waals surface area contributed by atoms with Crippen LogP contribution in [0.2, 0.25) is 0 Å². The number of carbonyl (C=O) groups excluding carboxylic acids is 3. The number of ether oxygens (including phenoxy) is 2. The van der Waals surface area contributed by atoms with Crippen LogP contribution in [0.4, 0.5) is 5.69 Å². The second kappa shape index (κ2) is 11.4. The molecule has 1 fully saturated rings. The molecular formula is C22H23BrN4O5. The number of hydrogen-bond acceptors (Lipinski definition) is 6. The Bertz CT molecular complexity index is 1020. The Labute approximate surface area is 193 Å². The summed E-state index contributed by atoms with van der Waals surface area (Å²) in [5.74, 6) is -1.48. The zero-order chi connectivity index (χ0) is 22.9. The monoisotopic (exact) mass is 502 g/mol. The number of para-hydroxylation sites is 1. The second-order valence-electron chi connectivity index (χ2n) is 6.72. The molecule has 0 bridgehead atoms. The summed E-state index contributed by atoms with van der Waals surface area (Å²) in [4.78, 5) is 39.0. The number of nitrogens with zero attached hydrogens (tertiary/aromatic N) is 2. The summed E-state index contributed by atoms with van der Waals surface area (Å²) in [6, 6.07) is 11.9. The van der Waals surface area contributed by atoms with Gasteiger partial charge < -0.3 is 19.7 Å². The highest BCUT2D eigenvalue weighted by molar-refractivity contribution is 9.10. The highest BCUT2D eigenvalue weighted by Crippen LogP contribution is 2.21. The Morgan fingerprint density at radius 1 is 1.16 bits per heavy atom. The summed E-state index contributed by atoms with van der Waals surface area (Å²) in [6.07, 6.45) is 1.40. The first-order valence-corrected chi connectivity index (χ1v) is 10.8. The standard InChI is InChI=1S/C22H23BrN4O5/c1-2-32-16-7-8-18(23)15(13-16)14-24-26-21(29)20(28)25-19-6-4-3-5-17(19)22(30)27-9-11-31-12-10-27/h3-8,13-14H,2,9-12H2,1H3,(H,25,28)(H,26,29)/b24-14-. The maximum Gasteiger partial charge on any atom is 0.329 e. The Hall–Kier alpha value is -3.24. The topological polar surface area (TPSA) is 109 Å². The number of nitrogens with one attached hydrogen (secondary N) is 2. The largest absolute Gasteiger partial charge is 0.494 e. The highest BCUT2D eigenvalue weighted by atomic mass is 79.9. The lowest BCUT2D eigenvalue weighted by atomic mass is 10.1. The predicted molar refractivity (Wildman–Crippen MR) is 123 cm³/mol. The van der Waals surface area contributed by atoms with Crippen molar-refractivity contribution in [1.29, 1.82) is 0 Å². The van der Waals surface area contributed by atoms with Gasteiger partial charge in [-0.2, -0.15) is 5.10 Å². The average molecular weight is 503 g/mol. The number of carbonyl (C=O) groups is 3. The van der Waals surface area contributed by atoms with E-state index in [2.05, 4.69) is 31.8 Å². The Morgan fingerprint density at radius 3 is 2.66 bits per heavy atom. The SMILES string of the molecule is CCOc1ccc(Br)c(/C=N\NC(=O)C(=O)Nc2ccccc2C(=O)N2CCOCC2)c1. The van der Waals surface area contributed by atoms with Gasteiger partial charge in [-0.1, -0.05) is 28.1 Å². The average Bonchev–Trinajstić information content (AvgIpc) is 2.81. The van der Waals surface area contributed by atoms with Gasteiger partial charge in [0.05, 0.1) is 37.3 Å². The van der Waals surface area contributed by atoms with Crippen LogP contribution in [0, 0.1) is 0 Å². The molecule has 2 aromatic carbocycles. The molecule has 0 atom stereocenters. The molecule has 168 valence electrons. The van der Waals surface area contributed by atoms with Crippen LogP contribution in [0.1, 0.15) is 22.8 Å². The first kappa shape index (κ1) is 23.4. The van der Waals surface area contributed by atoms with Gasteiger partial charge in [-0.25, -0.2) is 5.43 Å². The van der Waals surface area contributed by atoms with Crippen LogP contribution in [0.15, 0.2) is 52.0 Å². The minimum atomic E-state index is -0.966. The fourth-order valence-corrected chi connectivity index (χ4v) is 3.33. The minimum Gasteiger partial charge on any atom is -0.494 e. The van der Waals surface area contributed by atoms with Crippen LogP contribution in [0.3, 0.4) is 0 Å². The van der Waals surface area contributed by atoms with E-state index in [9.17, 15) is 14.4 Å². The predicted octanol–water partition coefficient (Wildman–Crippen LogP) is 2.41. The molecule has 0 aliphatic carbocycles. The van der Waals surface area contributed by atoms with E-state index in [1.54, 1.807) is 47.4 Å². The van der Waals surface area contributed by atoms with Crippen molar-refractivity contribution in [2.75, 3.05) is 38.2 Å². The Balaban J connectivity index is 1.63. The molecule has 1 heterocycles. The number of rotatable bonds is 6. The van der Waals surface area contributed by atoms with E-state index < -0.39 is 11.8 Å². The lowest BCUT2D eigenvalue weighted by molar-refractivity contribution is -0.136. The van der Waals surface area contributed by atoms with Crippen molar-refractivity contribution in [3.05, 3.63) is 58.1 Å². The summed E-state index contributed by atoms with van der Waals surface area (Å²) < 4.78 is 11.5. The van der Waals surface area contributed by atoms with Crippen molar-refractivity contribution in [2.24, 2.45) is 5.10 Å². The van der Waals surface area contributed by atoms with Crippen molar-refractivity contribution in [3.63, 3.8) is 0 Å². The van der Waals surface area contributed by atoms with Crippen molar-refractivity contribution in [1.82, 2.24) is 10.3 Å². The molecule has 32 heavy (non-hydrogen) atoms. The summed E-state index contributed by atoms with van der Waals surface area (Å²) in [7, 11) is 0. The molecule has 1 aliphatic rings. The maximum atomic E-state index is 12.8. The fourth-order valence-electron chi connectivity index (χ4n) is 2.98. The first-order valence-electron chi connectivity index (χ1n) is 10.0. The van der Waals surface area contributed by atoms with E-state index in [4.69, 9.17) is 9.47 Å². The van der Waals surface area contributed by atoms with Crippen LogP contribution in [0.5, 0.6) is 5.75 Å². The van der Waals surface area contributed by atoms with Gasteiger partial charge in [-0.15, -0.1) is 0 Å². The normalized spacial score (nSPS) is 13.6. The number of amides is 3. The lowest BCUT2D eigenvalue weighted by Gasteiger charge is -2.27. The number of anilines is 1. The quantitative estimate of drug-likeness (QED) is 0.358. The lowest BCUT2D eigenvalue weighted by Crippen LogP contribution is -2.41. The zero-order valence-electron chi connectivity index (χ0n) is 17.5. The van der Waals surface area contributed by atoms with E-state index in [0.29, 0.717) is 49.8 Å². The third kappa shape index (κ3) is 6.14. The highest BCUT2D eigenvalue weighted by Gasteiger charge is 2.22. The van der Waals surface area contributed by atoms with Gasteiger partial charge in [0.1, 0.15) is 5.75 Å². The van der Waals surface area contributed by atoms with E-state index >= 15 is 0 Å². The third-order valence-electron chi connectivity index (χ3n) is 4.56. The summed E-state index contributed by atoms with van der Waals surface area (Å²) >= 11 is 3.39. The molecule has 2 N–H and O–H groups in total. The van der Waals surface area contributed by atoms with Crippen molar-refractivity contribution < 1.29 is 23.9 Å². The van der Waals surface area contributed by atoms with Crippen molar-refractivity contribution in [2.45, 2.75) is 6.92 Å². The van der Waals surface area contributed by atoms with E-state index in [1.165, 1.54) is 6.21 Å². The van der Waals surface area contributed by atoms with Crippen molar-refractivity contribution in [3.8, 4) is 5.75 Å². The van der Waals surface area contributed by atoms with Crippen LogP contribution in [-0.4, -0.2) is 61.7 Å². The molecule has 9 nitrogen and oxygen atoms in total. The number of benzene rings is 2. The van der Waals surface area contributed by atoms with Gasteiger partial charge in [0.15, 0.2) is 0 Å². The van der Waals surface area contributed by atoms with Gasteiger partial charge in [-0.05, 0) is 37.3 Å². The molecule has 0 saturated carbocycles. The number of halogens is 1. The first-order chi connectivity index (χ1) is 15.5. The van der Waals surface area contributed by atoms with Crippen LogP contribution >= 0.6 is 15.9 Å². The van der Waals surface area contributed by atoms with Gasteiger partial charge in [-0.3, -0.25) is 14.4 Å². The van der Waals surface area contributed by atoms with E-state index in [-0.39, 0.29) is 11.6 Å². The molecule has 0 radical (unpaired) electrons. The molecule has 3 rings (SSSR count). The van der Waals surface area contributed by atoms with E-state index in [0.717, 1.165) is 4.47 Å². The molecule has 2 aromatic rings. The van der Waals surface area contributed by atoms with Crippen LogP contribution < -0.4 is 15.5 Å². The fraction of sp³-hybridized carbons (Fsp3) is 0.273. The van der Waals surface area contributed by atoms with Gasteiger partial charge in [0.25, 0.3) is 5.91 Å². The summed E-state index contributed by atoms with van der Waals surface area (Å²) in [6.45, 7) is 4.26. The molecule has 0 aromatic heterocycles. The molecule has 1 aliphatic heterocycles. The van der Waals surface area contributed by atoms with E-state index in [1.807, 2.05) is 6.92 Å². The van der Waals surface area contributed by atoms with Crippen LogP contribution in [0.25, 0.3) is 0 Å². The van der Waals surface area contributed by atoms with Gasteiger partial charge in [0, 0.05) is 23.1 Å². The second-order valence-corrected chi connectivity index (χ2v) is 7.57. The van der Waals surface area contributed by atoms with Crippen molar-refractivity contribution >= 4 is 45.6 Å². The smallest absolute Gasteiger partial charge is 0.329 e. The molecule has 0 spiro atoms. The van der Waals surface area contributed by atoms with Gasteiger partial charge >= 0.3 is 11.8 Å².